The molecule has 1 saturated carbocycles. The Kier molecular flexibility index (Phi) is 4.35. The maximum atomic E-state index is 9.54. The van der Waals surface area contributed by atoms with Crippen LogP contribution >= 0.6 is 0 Å². The summed E-state index contributed by atoms with van der Waals surface area (Å²) in [4.78, 5) is 0. The normalized spacial score (nSPS) is 27.7. The molecule has 0 spiro atoms. The monoisotopic (exact) mass is 245 g/mol. The van der Waals surface area contributed by atoms with Crippen LogP contribution in [0.1, 0.15) is 37.2 Å². The number of hydrogen-bond acceptors (Lipinski definition) is 3. The molecule has 0 aliphatic heterocycles. The van der Waals surface area contributed by atoms with Gasteiger partial charge in [0.25, 0.3) is 0 Å². The van der Waals surface area contributed by atoms with Crippen LogP contribution in [0.25, 0.3) is 0 Å². The first-order valence-corrected chi connectivity index (χ1v) is 6.53. The molecule has 1 aromatic carbocycles. The van der Waals surface area contributed by atoms with Crippen molar-refractivity contribution in [3.8, 4) is 6.07 Å². The van der Waals surface area contributed by atoms with Gasteiger partial charge in [-0.25, -0.2) is 0 Å². The van der Waals surface area contributed by atoms with E-state index in [4.69, 9.17) is 9.84 Å². The first kappa shape index (κ1) is 13.1. The lowest BCUT2D eigenvalue weighted by atomic mass is 9.72. The molecule has 1 aliphatic carbocycles. The van der Waals surface area contributed by atoms with Gasteiger partial charge in [0.1, 0.15) is 0 Å². The van der Waals surface area contributed by atoms with Crippen LogP contribution in [0.15, 0.2) is 30.3 Å². The van der Waals surface area contributed by atoms with Gasteiger partial charge in [0.05, 0.1) is 19.3 Å². The molecule has 1 aliphatic rings. The molecule has 3 nitrogen and oxygen atoms in total. The third-order valence-corrected chi connectivity index (χ3v) is 3.70. The fraction of sp³-hybridized carbons (Fsp3) is 0.533. The van der Waals surface area contributed by atoms with Crippen LogP contribution in [0.4, 0.5) is 0 Å². The Bertz CT molecular complexity index is 412. The smallest absolute Gasteiger partial charge is 0.161 e. The Morgan fingerprint density at radius 3 is 2.78 bits per heavy atom. The van der Waals surface area contributed by atoms with Gasteiger partial charge in [0, 0.05) is 5.92 Å². The molecular weight excluding hydrogens is 226 g/mol. The minimum atomic E-state index is -0.762. The molecule has 2 rings (SSSR count). The Balaban J connectivity index is 2.27. The Morgan fingerprint density at radius 1 is 1.33 bits per heavy atom. The van der Waals surface area contributed by atoms with Crippen molar-refractivity contribution < 1.29 is 9.84 Å². The van der Waals surface area contributed by atoms with Crippen molar-refractivity contribution in [3.05, 3.63) is 35.9 Å². The zero-order valence-electron chi connectivity index (χ0n) is 10.5. The summed E-state index contributed by atoms with van der Waals surface area (Å²) >= 11 is 0. The lowest BCUT2D eigenvalue weighted by Crippen LogP contribution is -2.41. The molecular formula is C15H19NO2. The molecule has 0 bridgehead atoms. The quantitative estimate of drug-likeness (QED) is 0.887. The van der Waals surface area contributed by atoms with Gasteiger partial charge in [0.2, 0.25) is 0 Å². The van der Waals surface area contributed by atoms with Crippen molar-refractivity contribution in [2.45, 2.75) is 37.2 Å². The number of nitriles is 1. The predicted octanol–water partition coefficient (Wildman–Crippen LogP) is 2.62. The van der Waals surface area contributed by atoms with Gasteiger partial charge in [-0.2, -0.15) is 5.26 Å². The summed E-state index contributed by atoms with van der Waals surface area (Å²) in [5.74, 6) is 0.115. The molecule has 0 saturated heterocycles. The lowest BCUT2D eigenvalue weighted by molar-refractivity contribution is -0.0551. The van der Waals surface area contributed by atoms with Crippen LogP contribution in [0.5, 0.6) is 0 Å². The van der Waals surface area contributed by atoms with E-state index in [-0.39, 0.29) is 19.1 Å². The summed E-state index contributed by atoms with van der Waals surface area (Å²) in [6.45, 7) is 0.196. The van der Waals surface area contributed by atoms with Crippen LogP contribution in [0.3, 0.4) is 0 Å². The van der Waals surface area contributed by atoms with Crippen molar-refractivity contribution in [2.24, 2.45) is 0 Å². The number of benzene rings is 1. The number of aliphatic hydroxyl groups excluding tert-OH is 1. The average Bonchev–Trinajstić information content (AvgIpc) is 2.46. The maximum Gasteiger partial charge on any atom is 0.161 e. The van der Waals surface area contributed by atoms with Crippen molar-refractivity contribution in [3.63, 3.8) is 0 Å². The van der Waals surface area contributed by atoms with Gasteiger partial charge in [-0.15, -0.1) is 0 Å². The molecule has 1 fully saturated rings. The summed E-state index contributed by atoms with van der Waals surface area (Å²) in [7, 11) is 0. The molecule has 2 atom stereocenters. The zero-order valence-corrected chi connectivity index (χ0v) is 10.5. The summed E-state index contributed by atoms with van der Waals surface area (Å²) in [6.07, 6.45) is 3.87. The van der Waals surface area contributed by atoms with Crippen molar-refractivity contribution in [1.29, 1.82) is 5.26 Å². The minimum Gasteiger partial charge on any atom is -0.394 e. The van der Waals surface area contributed by atoms with Crippen LogP contribution < -0.4 is 0 Å². The fourth-order valence-electron chi connectivity index (χ4n) is 2.83. The van der Waals surface area contributed by atoms with Crippen molar-refractivity contribution in [1.82, 2.24) is 0 Å². The van der Waals surface area contributed by atoms with Gasteiger partial charge in [-0.3, -0.25) is 0 Å². The lowest BCUT2D eigenvalue weighted by Gasteiger charge is -2.38. The minimum absolute atomic E-state index is 0.0368. The van der Waals surface area contributed by atoms with E-state index in [0.717, 1.165) is 31.2 Å². The van der Waals surface area contributed by atoms with Gasteiger partial charge in [-0.05, 0) is 24.8 Å². The number of nitrogens with zero attached hydrogens (tertiary/aromatic N) is 1. The number of hydrogen-bond donors (Lipinski definition) is 1. The molecule has 3 heteroatoms. The predicted molar refractivity (Wildman–Crippen MR) is 69.0 cm³/mol. The largest absolute Gasteiger partial charge is 0.394 e. The van der Waals surface area contributed by atoms with Gasteiger partial charge >= 0.3 is 0 Å². The van der Waals surface area contributed by atoms with E-state index >= 15 is 0 Å². The average molecular weight is 245 g/mol. The molecule has 1 N–H and O–H groups in total. The maximum absolute atomic E-state index is 9.54. The van der Waals surface area contributed by atoms with Crippen LogP contribution in [0, 0.1) is 11.3 Å². The highest BCUT2D eigenvalue weighted by Crippen LogP contribution is 2.42. The van der Waals surface area contributed by atoms with Crippen LogP contribution in [-0.2, 0) is 4.74 Å². The molecule has 18 heavy (non-hydrogen) atoms. The third kappa shape index (κ3) is 2.55. The van der Waals surface area contributed by atoms with E-state index in [9.17, 15) is 5.26 Å². The Labute approximate surface area is 108 Å². The summed E-state index contributed by atoms with van der Waals surface area (Å²) in [5.41, 5.74) is 0.402. The summed E-state index contributed by atoms with van der Waals surface area (Å²) in [6, 6.07) is 12.5. The summed E-state index contributed by atoms with van der Waals surface area (Å²) < 4.78 is 5.72. The molecule has 2 unspecified atom stereocenters. The molecule has 0 radical (unpaired) electrons. The number of rotatable bonds is 4. The highest BCUT2D eigenvalue weighted by atomic mass is 16.5. The fourth-order valence-corrected chi connectivity index (χ4v) is 2.83. The molecule has 1 aromatic rings. The first-order chi connectivity index (χ1) is 8.82. The van der Waals surface area contributed by atoms with E-state index < -0.39 is 5.60 Å². The van der Waals surface area contributed by atoms with Crippen LogP contribution in [-0.4, -0.2) is 23.9 Å². The molecule has 0 heterocycles. The van der Waals surface area contributed by atoms with E-state index in [1.54, 1.807) is 0 Å². The van der Waals surface area contributed by atoms with Crippen molar-refractivity contribution >= 4 is 0 Å². The second-order valence-corrected chi connectivity index (χ2v) is 4.78. The van der Waals surface area contributed by atoms with Gasteiger partial charge in [-0.1, -0.05) is 36.8 Å². The van der Waals surface area contributed by atoms with E-state index in [1.165, 1.54) is 0 Å². The van der Waals surface area contributed by atoms with E-state index in [0.29, 0.717) is 0 Å². The second kappa shape index (κ2) is 5.99. The standard InChI is InChI=1S/C15H19NO2/c16-12-15(18-11-10-17)9-5-4-8-14(15)13-6-2-1-3-7-13/h1-3,6-7,14,17H,4-5,8-11H2. The second-order valence-electron chi connectivity index (χ2n) is 4.78. The highest BCUT2D eigenvalue weighted by molar-refractivity contribution is 5.28. The van der Waals surface area contributed by atoms with Crippen LogP contribution in [0.2, 0.25) is 0 Å². The van der Waals surface area contributed by atoms with Crippen molar-refractivity contribution in [2.75, 3.05) is 13.2 Å². The van der Waals surface area contributed by atoms with E-state index in [1.807, 2.05) is 18.2 Å². The Hall–Kier alpha value is -1.37. The zero-order chi connectivity index (χ0) is 12.8. The Morgan fingerprint density at radius 2 is 2.11 bits per heavy atom. The third-order valence-electron chi connectivity index (χ3n) is 3.70. The van der Waals surface area contributed by atoms with Gasteiger partial charge in [0.15, 0.2) is 5.60 Å². The topological polar surface area (TPSA) is 53.2 Å². The highest BCUT2D eigenvalue weighted by Gasteiger charge is 2.42. The summed E-state index contributed by atoms with van der Waals surface area (Å²) in [5, 5.41) is 18.5. The SMILES string of the molecule is N#CC1(OCCO)CCCCC1c1ccccc1. The number of ether oxygens (including phenoxy) is 1. The molecule has 0 amide bonds. The van der Waals surface area contributed by atoms with Gasteiger partial charge < -0.3 is 9.84 Å². The molecule has 96 valence electrons. The number of aliphatic hydroxyl groups is 1. The van der Waals surface area contributed by atoms with E-state index in [2.05, 4.69) is 18.2 Å². The first-order valence-electron chi connectivity index (χ1n) is 6.53. The molecule has 0 aromatic heterocycles.